The van der Waals surface area contributed by atoms with Gasteiger partial charge in [-0.3, -0.25) is 9.59 Å². The van der Waals surface area contributed by atoms with Crippen molar-refractivity contribution in [3.05, 3.63) is 66.7 Å². The highest BCUT2D eigenvalue weighted by atomic mass is 16.6. The molecule has 150 valence electrons. The molecular weight excluding hydrogens is 378 g/mol. The highest BCUT2D eigenvalue weighted by Gasteiger charge is 2.63. The van der Waals surface area contributed by atoms with Crippen LogP contribution in [0.5, 0.6) is 11.5 Å². The summed E-state index contributed by atoms with van der Waals surface area (Å²) < 4.78 is 11.4. The number of ether oxygens (including phenoxy) is 2. The van der Waals surface area contributed by atoms with Gasteiger partial charge in [0, 0.05) is 11.6 Å². The SMILES string of the molecule is O=C(Nc1ccc(Oc2ccc3ccccc3c2)cc1)[C@H]1[C@@H]2C[C@@H]3[C@@H]1C(=O)O[C@@H]3C2. The van der Waals surface area contributed by atoms with Crippen LogP contribution in [-0.2, 0) is 14.3 Å². The van der Waals surface area contributed by atoms with E-state index in [4.69, 9.17) is 9.47 Å². The van der Waals surface area contributed by atoms with Crippen LogP contribution in [0.3, 0.4) is 0 Å². The number of nitrogens with one attached hydrogen (secondary N) is 1. The molecule has 2 aliphatic carbocycles. The van der Waals surface area contributed by atoms with E-state index in [-0.39, 0.29) is 41.7 Å². The summed E-state index contributed by atoms with van der Waals surface area (Å²) in [7, 11) is 0. The number of amides is 1. The van der Waals surface area contributed by atoms with Gasteiger partial charge in [0.25, 0.3) is 0 Å². The predicted octanol–water partition coefficient (Wildman–Crippen LogP) is 4.77. The van der Waals surface area contributed by atoms with Crippen LogP contribution in [-0.4, -0.2) is 18.0 Å². The van der Waals surface area contributed by atoms with Gasteiger partial charge in [-0.1, -0.05) is 30.3 Å². The Kier molecular flexibility index (Phi) is 3.85. The number of hydrogen-bond acceptors (Lipinski definition) is 4. The molecule has 3 aromatic rings. The zero-order valence-corrected chi connectivity index (χ0v) is 16.3. The molecule has 0 unspecified atom stereocenters. The zero-order valence-electron chi connectivity index (χ0n) is 16.3. The van der Waals surface area contributed by atoms with Crippen LogP contribution < -0.4 is 10.1 Å². The van der Waals surface area contributed by atoms with E-state index in [1.807, 2.05) is 54.6 Å². The van der Waals surface area contributed by atoms with Crippen molar-refractivity contribution < 1.29 is 19.1 Å². The van der Waals surface area contributed by atoms with Crippen LogP contribution in [0.4, 0.5) is 5.69 Å². The Hall–Kier alpha value is -3.34. The molecule has 5 nitrogen and oxygen atoms in total. The lowest BCUT2D eigenvalue weighted by molar-refractivity contribution is -0.145. The van der Waals surface area contributed by atoms with Crippen molar-refractivity contribution in [2.75, 3.05) is 5.32 Å². The van der Waals surface area contributed by atoms with E-state index in [2.05, 4.69) is 17.4 Å². The summed E-state index contributed by atoms with van der Waals surface area (Å²) in [6, 6.07) is 21.5. The number of hydrogen-bond donors (Lipinski definition) is 1. The van der Waals surface area contributed by atoms with Gasteiger partial charge in [-0.25, -0.2) is 0 Å². The lowest BCUT2D eigenvalue weighted by Crippen LogP contribution is -2.35. The van der Waals surface area contributed by atoms with Gasteiger partial charge in [-0.05, 0) is 65.9 Å². The maximum absolute atomic E-state index is 12.9. The predicted molar refractivity (Wildman–Crippen MR) is 112 cm³/mol. The van der Waals surface area contributed by atoms with Crippen molar-refractivity contribution in [2.24, 2.45) is 23.7 Å². The van der Waals surface area contributed by atoms with E-state index in [1.54, 1.807) is 0 Å². The molecule has 1 amide bonds. The van der Waals surface area contributed by atoms with E-state index in [9.17, 15) is 9.59 Å². The van der Waals surface area contributed by atoms with Gasteiger partial charge in [-0.15, -0.1) is 0 Å². The van der Waals surface area contributed by atoms with E-state index >= 15 is 0 Å². The molecule has 0 aromatic heterocycles. The molecule has 5 heteroatoms. The van der Waals surface area contributed by atoms with E-state index in [1.165, 1.54) is 5.39 Å². The summed E-state index contributed by atoms with van der Waals surface area (Å²) in [5.41, 5.74) is 0.705. The number of fused-ring (bicyclic) bond motifs is 2. The quantitative estimate of drug-likeness (QED) is 0.642. The number of carbonyl (C=O) groups is 2. The Balaban J connectivity index is 1.15. The second-order valence-electron chi connectivity index (χ2n) is 8.55. The fourth-order valence-electron chi connectivity index (χ4n) is 5.56. The van der Waals surface area contributed by atoms with Crippen LogP contribution in [0, 0.1) is 23.7 Å². The minimum atomic E-state index is -0.269. The Morgan fingerprint density at radius 1 is 0.933 bits per heavy atom. The third kappa shape index (κ3) is 2.76. The van der Waals surface area contributed by atoms with E-state index < -0.39 is 0 Å². The standard InChI is InChI=1S/C25H21NO4/c27-24(22-16-12-20-21(13-16)30-25(28)23(20)22)26-17-6-9-18(10-7-17)29-19-8-5-14-3-1-2-4-15(14)11-19/h1-11,16,20-23H,12-13H2,(H,26,27)/t16-,20+,21-,22+,23+/m1/s1. The second kappa shape index (κ2) is 6.59. The third-order valence-corrected chi connectivity index (χ3v) is 6.86. The second-order valence-corrected chi connectivity index (χ2v) is 8.55. The minimum absolute atomic E-state index is 0.0445. The average Bonchev–Trinajstić information content (AvgIpc) is 3.38. The van der Waals surface area contributed by atoms with Crippen LogP contribution in [0.25, 0.3) is 10.8 Å². The first-order valence-corrected chi connectivity index (χ1v) is 10.4. The molecule has 3 aliphatic rings. The van der Waals surface area contributed by atoms with Gasteiger partial charge >= 0.3 is 5.97 Å². The van der Waals surface area contributed by atoms with Crippen LogP contribution in [0.15, 0.2) is 66.7 Å². The molecule has 0 spiro atoms. The lowest BCUT2D eigenvalue weighted by atomic mass is 9.79. The molecule has 1 heterocycles. The molecule has 1 saturated heterocycles. The molecule has 3 aromatic carbocycles. The number of benzene rings is 3. The lowest BCUT2D eigenvalue weighted by Gasteiger charge is -2.23. The smallest absolute Gasteiger partial charge is 0.310 e. The maximum atomic E-state index is 12.9. The molecule has 0 radical (unpaired) electrons. The summed E-state index contributed by atoms with van der Waals surface area (Å²) in [5.74, 6) is 1.16. The first-order valence-electron chi connectivity index (χ1n) is 10.4. The molecule has 2 bridgehead atoms. The van der Waals surface area contributed by atoms with Gasteiger partial charge in [0.05, 0.1) is 11.8 Å². The molecule has 5 atom stereocenters. The number of carbonyl (C=O) groups excluding carboxylic acids is 2. The van der Waals surface area contributed by atoms with Crippen LogP contribution >= 0.6 is 0 Å². The van der Waals surface area contributed by atoms with Gasteiger partial charge in [-0.2, -0.15) is 0 Å². The van der Waals surface area contributed by atoms with Crippen molar-refractivity contribution in [2.45, 2.75) is 18.9 Å². The topological polar surface area (TPSA) is 64.6 Å². The molecule has 2 saturated carbocycles. The number of esters is 1. The van der Waals surface area contributed by atoms with Crippen molar-refractivity contribution in [1.29, 1.82) is 0 Å². The fraction of sp³-hybridized carbons (Fsp3) is 0.280. The minimum Gasteiger partial charge on any atom is -0.462 e. The van der Waals surface area contributed by atoms with E-state index in [0.717, 1.165) is 24.0 Å². The Labute approximate surface area is 174 Å². The highest BCUT2D eigenvalue weighted by molar-refractivity contribution is 5.97. The Bertz CT molecular complexity index is 1150. The molecule has 6 rings (SSSR count). The van der Waals surface area contributed by atoms with Gasteiger partial charge in [0.2, 0.25) is 5.91 Å². The Morgan fingerprint density at radius 2 is 1.70 bits per heavy atom. The van der Waals surface area contributed by atoms with Crippen molar-refractivity contribution in [1.82, 2.24) is 0 Å². The first-order chi connectivity index (χ1) is 14.7. The Morgan fingerprint density at radius 3 is 2.53 bits per heavy atom. The van der Waals surface area contributed by atoms with Crippen LogP contribution in [0.1, 0.15) is 12.8 Å². The number of rotatable bonds is 4. The molecule has 3 fully saturated rings. The normalized spacial score (nSPS) is 28.5. The largest absolute Gasteiger partial charge is 0.462 e. The summed E-state index contributed by atoms with van der Waals surface area (Å²) in [5, 5.41) is 5.28. The van der Waals surface area contributed by atoms with E-state index in [0.29, 0.717) is 11.4 Å². The average molecular weight is 399 g/mol. The molecule has 1 aliphatic heterocycles. The van der Waals surface area contributed by atoms with Gasteiger partial charge in [0.15, 0.2) is 0 Å². The monoisotopic (exact) mass is 399 g/mol. The molecular formula is C25H21NO4. The molecule has 30 heavy (non-hydrogen) atoms. The fourth-order valence-corrected chi connectivity index (χ4v) is 5.56. The summed E-state index contributed by atoms with van der Waals surface area (Å²) in [6.45, 7) is 0. The number of anilines is 1. The summed E-state index contributed by atoms with van der Waals surface area (Å²) in [6.07, 6.45) is 1.80. The molecule has 1 N–H and O–H groups in total. The highest BCUT2D eigenvalue weighted by Crippen LogP contribution is 2.57. The van der Waals surface area contributed by atoms with Crippen molar-refractivity contribution in [3.8, 4) is 11.5 Å². The summed E-state index contributed by atoms with van der Waals surface area (Å²) >= 11 is 0. The van der Waals surface area contributed by atoms with Crippen molar-refractivity contribution >= 4 is 28.3 Å². The van der Waals surface area contributed by atoms with Crippen LogP contribution in [0.2, 0.25) is 0 Å². The zero-order chi connectivity index (χ0) is 20.2. The first kappa shape index (κ1) is 17.5. The maximum Gasteiger partial charge on any atom is 0.310 e. The van der Waals surface area contributed by atoms with Gasteiger partial charge in [0.1, 0.15) is 17.6 Å². The van der Waals surface area contributed by atoms with Crippen molar-refractivity contribution in [3.63, 3.8) is 0 Å². The summed E-state index contributed by atoms with van der Waals surface area (Å²) in [4.78, 5) is 25.0. The third-order valence-electron chi connectivity index (χ3n) is 6.86. The van der Waals surface area contributed by atoms with Gasteiger partial charge < -0.3 is 14.8 Å².